The van der Waals surface area contributed by atoms with Crippen molar-refractivity contribution in [3.8, 4) is 0 Å². The van der Waals surface area contributed by atoms with Crippen molar-refractivity contribution in [2.24, 2.45) is 7.05 Å². The van der Waals surface area contributed by atoms with Crippen LogP contribution >= 0.6 is 0 Å². The Morgan fingerprint density at radius 1 is 1.17 bits per heavy atom. The highest BCUT2D eigenvalue weighted by Crippen LogP contribution is 2.18. The molecule has 2 heterocycles. The lowest BCUT2D eigenvalue weighted by atomic mass is 10.1. The van der Waals surface area contributed by atoms with E-state index in [1.807, 2.05) is 66.3 Å². The molecular weight excluding hydrogens is 300 g/mol. The second kappa shape index (κ2) is 5.85. The second-order valence-electron chi connectivity index (χ2n) is 5.89. The number of benzene rings is 2. The Labute approximate surface area is 139 Å². The summed E-state index contributed by atoms with van der Waals surface area (Å²) in [6, 6.07) is 16.0. The maximum atomic E-state index is 12.3. The first-order chi connectivity index (χ1) is 11.7. The largest absolute Gasteiger partial charge is 0.361 e. The number of amides is 1. The molecule has 0 atom stereocenters. The molecule has 5 nitrogen and oxygen atoms in total. The van der Waals surface area contributed by atoms with E-state index in [4.69, 9.17) is 0 Å². The van der Waals surface area contributed by atoms with Crippen LogP contribution in [-0.4, -0.2) is 20.4 Å². The SMILES string of the molecule is Cn1c(CNC(=O)Cc2c[nH]c3ccccc23)nc2ccccc21. The van der Waals surface area contributed by atoms with E-state index in [2.05, 4.69) is 15.3 Å². The number of imidazole rings is 1. The summed E-state index contributed by atoms with van der Waals surface area (Å²) in [7, 11) is 1.97. The molecule has 24 heavy (non-hydrogen) atoms. The van der Waals surface area contributed by atoms with Crippen LogP contribution in [0, 0.1) is 0 Å². The topological polar surface area (TPSA) is 62.7 Å². The second-order valence-corrected chi connectivity index (χ2v) is 5.89. The van der Waals surface area contributed by atoms with Crippen LogP contribution in [0.3, 0.4) is 0 Å². The van der Waals surface area contributed by atoms with Crippen LogP contribution in [0.1, 0.15) is 11.4 Å². The van der Waals surface area contributed by atoms with Crippen molar-refractivity contribution in [3.63, 3.8) is 0 Å². The van der Waals surface area contributed by atoms with Crippen LogP contribution in [0.4, 0.5) is 0 Å². The number of aromatic nitrogens is 3. The van der Waals surface area contributed by atoms with Crippen molar-refractivity contribution in [3.05, 3.63) is 66.1 Å². The molecule has 2 aromatic carbocycles. The molecular formula is C19H18N4O. The van der Waals surface area contributed by atoms with Crippen LogP contribution in [-0.2, 0) is 24.8 Å². The van der Waals surface area contributed by atoms with E-state index in [0.717, 1.165) is 33.3 Å². The van der Waals surface area contributed by atoms with E-state index >= 15 is 0 Å². The van der Waals surface area contributed by atoms with Crippen LogP contribution in [0.5, 0.6) is 0 Å². The molecule has 2 N–H and O–H groups in total. The Bertz CT molecular complexity index is 1030. The predicted octanol–water partition coefficient (Wildman–Crippen LogP) is 2.91. The van der Waals surface area contributed by atoms with Crippen LogP contribution in [0.15, 0.2) is 54.7 Å². The van der Waals surface area contributed by atoms with Gasteiger partial charge in [0.25, 0.3) is 0 Å². The molecule has 0 unspecified atom stereocenters. The average Bonchev–Trinajstić information content (AvgIpc) is 3.15. The van der Waals surface area contributed by atoms with Gasteiger partial charge in [-0.2, -0.15) is 0 Å². The lowest BCUT2D eigenvalue weighted by Crippen LogP contribution is -2.25. The molecule has 0 aliphatic rings. The third-order valence-corrected chi connectivity index (χ3v) is 4.35. The summed E-state index contributed by atoms with van der Waals surface area (Å²) in [6.07, 6.45) is 2.26. The highest BCUT2D eigenvalue weighted by molar-refractivity contribution is 5.88. The van der Waals surface area contributed by atoms with Gasteiger partial charge in [0.2, 0.25) is 5.91 Å². The Morgan fingerprint density at radius 3 is 2.83 bits per heavy atom. The number of fused-ring (bicyclic) bond motifs is 2. The fourth-order valence-corrected chi connectivity index (χ4v) is 3.04. The minimum absolute atomic E-state index is 0.00758. The number of nitrogens with one attached hydrogen (secondary N) is 2. The summed E-state index contributed by atoms with van der Waals surface area (Å²) in [4.78, 5) is 20.1. The van der Waals surface area contributed by atoms with Gasteiger partial charge in [-0.15, -0.1) is 0 Å². The van der Waals surface area contributed by atoms with E-state index in [1.165, 1.54) is 0 Å². The first-order valence-corrected chi connectivity index (χ1v) is 7.94. The lowest BCUT2D eigenvalue weighted by Gasteiger charge is -2.05. The van der Waals surface area contributed by atoms with E-state index in [-0.39, 0.29) is 5.91 Å². The van der Waals surface area contributed by atoms with E-state index in [9.17, 15) is 4.79 Å². The van der Waals surface area contributed by atoms with Gasteiger partial charge in [0, 0.05) is 24.1 Å². The summed E-state index contributed by atoms with van der Waals surface area (Å²) in [5, 5.41) is 4.06. The fourth-order valence-electron chi connectivity index (χ4n) is 3.04. The summed E-state index contributed by atoms with van der Waals surface area (Å²) in [5.41, 5.74) is 4.07. The zero-order chi connectivity index (χ0) is 16.5. The molecule has 0 radical (unpaired) electrons. The maximum absolute atomic E-state index is 12.3. The number of nitrogens with zero attached hydrogens (tertiary/aromatic N) is 2. The van der Waals surface area contributed by atoms with Gasteiger partial charge < -0.3 is 14.9 Å². The summed E-state index contributed by atoms with van der Waals surface area (Å²) >= 11 is 0. The van der Waals surface area contributed by atoms with E-state index in [0.29, 0.717) is 13.0 Å². The van der Waals surface area contributed by atoms with Gasteiger partial charge in [0.05, 0.1) is 24.0 Å². The molecule has 4 aromatic rings. The summed E-state index contributed by atoms with van der Waals surface area (Å²) < 4.78 is 2.02. The summed E-state index contributed by atoms with van der Waals surface area (Å²) in [6.45, 7) is 0.423. The first-order valence-electron chi connectivity index (χ1n) is 7.94. The fraction of sp³-hybridized carbons (Fsp3) is 0.158. The molecule has 4 rings (SSSR count). The molecule has 0 saturated heterocycles. The Hall–Kier alpha value is -3.08. The maximum Gasteiger partial charge on any atom is 0.224 e. The van der Waals surface area contributed by atoms with Gasteiger partial charge in [-0.25, -0.2) is 4.98 Å². The van der Waals surface area contributed by atoms with Gasteiger partial charge >= 0.3 is 0 Å². The molecule has 120 valence electrons. The van der Waals surface area contributed by atoms with E-state index < -0.39 is 0 Å². The number of para-hydroxylation sites is 3. The molecule has 0 aliphatic carbocycles. The zero-order valence-corrected chi connectivity index (χ0v) is 13.4. The van der Waals surface area contributed by atoms with Crippen molar-refractivity contribution >= 4 is 27.8 Å². The standard InChI is InChI=1S/C19H18N4O/c1-23-17-9-5-4-8-16(17)22-18(23)12-21-19(24)10-13-11-20-15-7-3-2-6-14(13)15/h2-9,11,20H,10,12H2,1H3,(H,21,24). The quantitative estimate of drug-likeness (QED) is 0.608. The lowest BCUT2D eigenvalue weighted by molar-refractivity contribution is -0.120. The molecule has 0 fully saturated rings. The molecule has 0 bridgehead atoms. The number of rotatable bonds is 4. The smallest absolute Gasteiger partial charge is 0.224 e. The third-order valence-electron chi connectivity index (χ3n) is 4.35. The molecule has 1 amide bonds. The van der Waals surface area contributed by atoms with Gasteiger partial charge in [0.1, 0.15) is 5.82 Å². The number of hydrogen-bond acceptors (Lipinski definition) is 2. The molecule has 0 saturated carbocycles. The predicted molar refractivity (Wildman–Crippen MR) is 94.6 cm³/mol. The van der Waals surface area contributed by atoms with Crippen LogP contribution < -0.4 is 5.32 Å². The number of aromatic amines is 1. The molecule has 0 spiro atoms. The van der Waals surface area contributed by atoms with Gasteiger partial charge in [-0.05, 0) is 23.8 Å². The monoisotopic (exact) mass is 318 g/mol. The van der Waals surface area contributed by atoms with Crippen molar-refractivity contribution in [2.75, 3.05) is 0 Å². The number of hydrogen-bond donors (Lipinski definition) is 2. The number of carbonyl (C=O) groups excluding carboxylic acids is 1. The zero-order valence-electron chi connectivity index (χ0n) is 13.4. The van der Waals surface area contributed by atoms with Crippen molar-refractivity contribution in [1.29, 1.82) is 0 Å². The van der Waals surface area contributed by atoms with Gasteiger partial charge in [-0.1, -0.05) is 30.3 Å². The van der Waals surface area contributed by atoms with Crippen molar-refractivity contribution in [1.82, 2.24) is 19.9 Å². The first kappa shape index (κ1) is 14.5. The normalized spacial score (nSPS) is 11.2. The number of H-pyrrole nitrogens is 1. The molecule has 5 heteroatoms. The highest BCUT2D eigenvalue weighted by atomic mass is 16.1. The Kier molecular flexibility index (Phi) is 3.54. The number of carbonyl (C=O) groups is 1. The third kappa shape index (κ3) is 2.54. The van der Waals surface area contributed by atoms with Gasteiger partial charge in [-0.3, -0.25) is 4.79 Å². The van der Waals surface area contributed by atoms with Crippen LogP contribution in [0.2, 0.25) is 0 Å². The average molecular weight is 318 g/mol. The minimum Gasteiger partial charge on any atom is -0.361 e. The highest BCUT2D eigenvalue weighted by Gasteiger charge is 2.11. The number of aryl methyl sites for hydroxylation is 1. The molecule has 0 aliphatic heterocycles. The Balaban J connectivity index is 1.47. The Morgan fingerprint density at radius 2 is 1.96 bits per heavy atom. The minimum atomic E-state index is -0.00758. The van der Waals surface area contributed by atoms with Crippen LogP contribution in [0.25, 0.3) is 21.9 Å². The van der Waals surface area contributed by atoms with Crippen molar-refractivity contribution < 1.29 is 4.79 Å². The molecule has 2 aromatic heterocycles. The van der Waals surface area contributed by atoms with Crippen molar-refractivity contribution in [2.45, 2.75) is 13.0 Å². The van der Waals surface area contributed by atoms with Gasteiger partial charge in [0.15, 0.2) is 0 Å². The summed E-state index contributed by atoms with van der Waals surface area (Å²) in [5.74, 6) is 0.843. The van der Waals surface area contributed by atoms with E-state index in [1.54, 1.807) is 0 Å².